The van der Waals surface area contributed by atoms with Gasteiger partial charge in [-0.3, -0.25) is 0 Å². The summed E-state index contributed by atoms with van der Waals surface area (Å²) in [4.78, 5) is 25.7. The number of ether oxygens (including phenoxy) is 1. The number of hydrogen-bond acceptors (Lipinski definition) is 3. The minimum atomic E-state index is -0.877. The molecule has 0 aliphatic carbocycles. The average Bonchev–Trinajstić information content (AvgIpc) is 2.12. The molecule has 2 rings (SSSR count). The summed E-state index contributed by atoms with van der Waals surface area (Å²) in [7, 11) is 0. The Morgan fingerprint density at radius 2 is 2.07 bits per heavy atom. The first-order chi connectivity index (χ1) is 6.59. The van der Waals surface area contributed by atoms with Gasteiger partial charge >= 0.3 is 12.1 Å². The Bertz CT molecular complexity index is 545. The molecule has 14 heavy (non-hydrogen) atoms. The van der Waals surface area contributed by atoms with E-state index in [9.17, 15) is 9.59 Å². The molecule has 0 spiro atoms. The van der Waals surface area contributed by atoms with Crippen LogP contribution in [-0.4, -0.2) is 12.1 Å². The van der Waals surface area contributed by atoms with Crippen LogP contribution in [0.1, 0.15) is 15.9 Å². The van der Waals surface area contributed by atoms with Crippen molar-refractivity contribution in [3.8, 4) is 0 Å². The SMILES string of the molecule is C=c1c(C)ccc2c1=NC(=O)OC2=O. The highest BCUT2D eigenvalue weighted by atomic mass is 16.6. The maximum Gasteiger partial charge on any atom is 0.442 e. The summed E-state index contributed by atoms with van der Waals surface area (Å²) in [5.41, 5.74) is 1.18. The highest BCUT2D eigenvalue weighted by Crippen LogP contribution is 2.01. The number of aryl methyl sites for hydroxylation is 1. The molecule has 0 atom stereocenters. The fourth-order valence-electron chi connectivity index (χ4n) is 1.28. The third kappa shape index (κ3) is 1.12. The molecule has 4 nitrogen and oxygen atoms in total. The zero-order chi connectivity index (χ0) is 10.3. The van der Waals surface area contributed by atoms with Crippen molar-refractivity contribution in [3.63, 3.8) is 0 Å². The van der Waals surface area contributed by atoms with Gasteiger partial charge in [0.25, 0.3) is 0 Å². The molecule has 0 aromatic heterocycles. The summed E-state index contributed by atoms with van der Waals surface area (Å²) >= 11 is 0. The fraction of sp³-hybridized carbons (Fsp3) is 0.100. The second kappa shape index (κ2) is 2.77. The van der Waals surface area contributed by atoms with E-state index in [1.54, 1.807) is 12.1 Å². The van der Waals surface area contributed by atoms with E-state index in [4.69, 9.17) is 0 Å². The van der Waals surface area contributed by atoms with E-state index in [-0.39, 0.29) is 0 Å². The molecule has 0 unspecified atom stereocenters. The first-order valence-electron chi connectivity index (χ1n) is 4.03. The van der Waals surface area contributed by atoms with Gasteiger partial charge < -0.3 is 4.74 Å². The Morgan fingerprint density at radius 1 is 1.36 bits per heavy atom. The van der Waals surface area contributed by atoms with Crippen molar-refractivity contribution >= 4 is 18.6 Å². The zero-order valence-corrected chi connectivity index (χ0v) is 7.53. The third-order valence-electron chi connectivity index (χ3n) is 2.12. The van der Waals surface area contributed by atoms with Crippen LogP contribution in [0.2, 0.25) is 0 Å². The number of esters is 1. The Kier molecular flexibility index (Phi) is 1.70. The van der Waals surface area contributed by atoms with Crippen LogP contribution in [0.25, 0.3) is 6.58 Å². The number of rotatable bonds is 0. The second-order valence-electron chi connectivity index (χ2n) is 3.02. The molecule has 1 aliphatic heterocycles. The van der Waals surface area contributed by atoms with E-state index in [1.165, 1.54) is 0 Å². The van der Waals surface area contributed by atoms with Crippen molar-refractivity contribution in [2.45, 2.75) is 6.92 Å². The summed E-state index contributed by atoms with van der Waals surface area (Å²) in [6.45, 7) is 5.58. The van der Waals surface area contributed by atoms with Crippen LogP contribution < -0.4 is 10.6 Å². The van der Waals surface area contributed by atoms with Crippen molar-refractivity contribution in [3.05, 3.63) is 33.8 Å². The number of nitrogens with zero attached hydrogens (tertiary/aromatic N) is 1. The molecule has 1 aromatic rings. The largest absolute Gasteiger partial charge is 0.442 e. The highest BCUT2D eigenvalue weighted by molar-refractivity contribution is 5.98. The number of carbonyl (C=O) groups excluding carboxylic acids is 2. The molecule has 0 N–H and O–H groups in total. The molecule has 1 aromatic carbocycles. The number of fused-ring (bicyclic) bond motifs is 1. The Hall–Kier alpha value is -1.97. The van der Waals surface area contributed by atoms with Gasteiger partial charge in [0.1, 0.15) is 0 Å². The van der Waals surface area contributed by atoms with Crippen LogP contribution in [0.5, 0.6) is 0 Å². The van der Waals surface area contributed by atoms with Crippen LogP contribution in [0.4, 0.5) is 4.79 Å². The molecule has 70 valence electrons. The van der Waals surface area contributed by atoms with Crippen molar-refractivity contribution in [1.82, 2.24) is 0 Å². The molecule has 1 amide bonds. The number of carbonyl (C=O) groups is 2. The van der Waals surface area contributed by atoms with Crippen molar-refractivity contribution in [1.29, 1.82) is 0 Å². The van der Waals surface area contributed by atoms with Gasteiger partial charge in [-0.15, -0.1) is 0 Å². The highest BCUT2D eigenvalue weighted by Gasteiger charge is 2.20. The number of hydrogen-bond donors (Lipinski definition) is 0. The standard InChI is InChI=1S/C10H7NO3/c1-5-3-4-7-8(6(5)2)11-10(13)14-9(7)12/h3-4H,2H2,1H3. The first-order valence-corrected chi connectivity index (χ1v) is 4.03. The number of amides is 1. The smallest absolute Gasteiger partial charge is 0.371 e. The first kappa shape index (κ1) is 8.62. The monoisotopic (exact) mass is 189 g/mol. The predicted octanol–water partition coefficient (Wildman–Crippen LogP) is 0.315. The summed E-state index contributed by atoms with van der Waals surface area (Å²) < 4.78 is 4.34. The summed E-state index contributed by atoms with van der Waals surface area (Å²) in [5, 5.41) is 0.916. The summed E-state index contributed by atoms with van der Waals surface area (Å²) in [5.74, 6) is -0.662. The fourth-order valence-corrected chi connectivity index (χ4v) is 1.28. The van der Waals surface area contributed by atoms with E-state index >= 15 is 0 Å². The van der Waals surface area contributed by atoms with Gasteiger partial charge in [-0.1, -0.05) is 12.6 Å². The van der Waals surface area contributed by atoms with Gasteiger partial charge in [0.05, 0.1) is 10.9 Å². The molecule has 0 saturated heterocycles. The van der Waals surface area contributed by atoms with E-state index < -0.39 is 12.1 Å². The molecule has 0 bridgehead atoms. The van der Waals surface area contributed by atoms with Crippen LogP contribution in [-0.2, 0) is 4.74 Å². The lowest BCUT2D eigenvalue weighted by Crippen LogP contribution is -2.37. The van der Waals surface area contributed by atoms with E-state index in [0.717, 1.165) is 5.56 Å². The van der Waals surface area contributed by atoms with Crippen LogP contribution >= 0.6 is 0 Å². The maximum absolute atomic E-state index is 11.2. The van der Waals surface area contributed by atoms with Crippen LogP contribution in [0, 0.1) is 6.92 Å². The lowest BCUT2D eigenvalue weighted by molar-refractivity contribution is 0.0623. The molecular weight excluding hydrogens is 182 g/mol. The average molecular weight is 189 g/mol. The van der Waals surface area contributed by atoms with Crippen LogP contribution in [0.3, 0.4) is 0 Å². The Labute approximate surface area is 79.5 Å². The molecule has 4 heteroatoms. The Morgan fingerprint density at radius 3 is 2.79 bits per heavy atom. The van der Waals surface area contributed by atoms with Gasteiger partial charge in [-0.2, -0.15) is 4.99 Å². The molecular formula is C10H7NO3. The normalized spacial score (nSPS) is 14.4. The lowest BCUT2D eigenvalue weighted by atomic mass is 10.1. The minimum absolute atomic E-state index is 0.292. The van der Waals surface area contributed by atoms with Gasteiger partial charge in [0.15, 0.2) is 0 Å². The quantitative estimate of drug-likeness (QED) is 0.436. The van der Waals surface area contributed by atoms with E-state index in [2.05, 4.69) is 16.3 Å². The molecule has 0 radical (unpaired) electrons. The zero-order valence-electron chi connectivity index (χ0n) is 7.53. The van der Waals surface area contributed by atoms with Gasteiger partial charge in [0.2, 0.25) is 0 Å². The predicted molar refractivity (Wildman–Crippen MR) is 48.3 cm³/mol. The van der Waals surface area contributed by atoms with Gasteiger partial charge in [0, 0.05) is 0 Å². The van der Waals surface area contributed by atoms with Crippen molar-refractivity contribution in [2.24, 2.45) is 4.99 Å². The maximum atomic E-state index is 11.2. The van der Waals surface area contributed by atoms with E-state index in [1.807, 2.05) is 6.92 Å². The molecule has 0 fully saturated rings. The molecule has 0 saturated carbocycles. The van der Waals surface area contributed by atoms with Gasteiger partial charge in [-0.25, -0.2) is 9.59 Å². The van der Waals surface area contributed by atoms with Gasteiger partial charge in [-0.05, 0) is 23.8 Å². The number of cyclic esters (lactones) is 2. The molecule has 1 heterocycles. The Balaban J connectivity index is 2.92. The summed E-state index contributed by atoms with van der Waals surface area (Å²) in [6.07, 6.45) is -0.877. The van der Waals surface area contributed by atoms with Crippen LogP contribution in [0.15, 0.2) is 17.1 Å². The van der Waals surface area contributed by atoms with Crippen molar-refractivity contribution in [2.75, 3.05) is 0 Å². The van der Waals surface area contributed by atoms with E-state index in [0.29, 0.717) is 16.1 Å². The second-order valence-corrected chi connectivity index (χ2v) is 3.02. The lowest BCUT2D eigenvalue weighted by Gasteiger charge is -2.07. The topological polar surface area (TPSA) is 55.7 Å². The minimum Gasteiger partial charge on any atom is -0.371 e. The third-order valence-corrected chi connectivity index (χ3v) is 2.12. The van der Waals surface area contributed by atoms with Crippen molar-refractivity contribution < 1.29 is 14.3 Å². The number of benzene rings is 1. The summed E-state index contributed by atoms with van der Waals surface area (Å²) in [6, 6.07) is 3.32. The molecule has 1 aliphatic rings.